The first-order valence-corrected chi connectivity index (χ1v) is 9.08. The van der Waals surface area contributed by atoms with Gasteiger partial charge in [0, 0.05) is 14.1 Å². The van der Waals surface area contributed by atoms with E-state index in [9.17, 15) is 22.4 Å². The minimum atomic E-state index is -3.84. The minimum absolute atomic E-state index is 0.152. The molecule has 27 heavy (non-hydrogen) atoms. The fraction of sp³-hybridized carbons (Fsp3) is 0.294. The number of nitrogens with zero attached hydrogens (tertiary/aromatic N) is 1. The summed E-state index contributed by atoms with van der Waals surface area (Å²) in [5, 5.41) is 0. The van der Waals surface area contributed by atoms with Gasteiger partial charge in [-0.05, 0) is 31.2 Å². The summed E-state index contributed by atoms with van der Waals surface area (Å²) < 4.78 is 54.0. The summed E-state index contributed by atoms with van der Waals surface area (Å²) in [6.45, 7) is 1.16. The van der Waals surface area contributed by atoms with Crippen molar-refractivity contribution in [2.75, 3.05) is 21.2 Å². The zero-order valence-electron chi connectivity index (χ0n) is 15.1. The van der Waals surface area contributed by atoms with Crippen LogP contribution in [0.1, 0.15) is 32.2 Å². The molecule has 0 bridgehead atoms. The molecule has 8 nitrogen and oxygen atoms in total. The smallest absolute Gasteiger partial charge is 0.341 e. The molecule has 1 aromatic heterocycles. The van der Waals surface area contributed by atoms with Crippen molar-refractivity contribution in [3.8, 4) is 0 Å². The molecule has 2 rings (SSSR count). The Balaban J connectivity index is 2.21. The van der Waals surface area contributed by atoms with Gasteiger partial charge in [-0.25, -0.2) is 26.7 Å². The Morgan fingerprint density at radius 3 is 2.41 bits per heavy atom. The highest BCUT2D eigenvalue weighted by Crippen LogP contribution is 2.20. The molecule has 146 valence electrons. The molecular formula is C17H18FNO7S. The third-order valence-electron chi connectivity index (χ3n) is 3.66. The average Bonchev–Trinajstić information content (AvgIpc) is 2.99. The topological polar surface area (TPSA) is 103 Å². The first-order chi connectivity index (χ1) is 12.6. The van der Waals surface area contributed by atoms with Gasteiger partial charge in [-0.2, -0.15) is 0 Å². The van der Waals surface area contributed by atoms with Gasteiger partial charge in [0.05, 0.1) is 17.6 Å². The minimum Gasteiger partial charge on any atom is -0.465 e. The Kier molecular flexibility index (Phi) is 6.01. The quantitative estimate of drug-likeness (QED) is 0.686. The van der Waals surface area contributed by atoms with Crippen molar-refractivity contribution in [1.29, 1.82) is 0 Å². The van der Waals surface area contributed by atoms with Gasteiger partial charge in [0.25, 0.3) is 0 Å². The van der Waals surface area contributed by atoms with E-state index in [1.165, 1.54) is 34.2 Å². The molecular weight excluding hydrogens is 381 g/mol. The van der Waals surface area contributed by atoms with Crippen LogP contribution in [-0.2, 0) is 26.1 Å². The summed E-state index contributed by atoms with van der Waals surface area (Å²) in [5.74, 6) is -2.18. The molecule has 1 aromatic carbocycles. The highest BCUT2D eigenvalue weighted by molar-refractivity contribution is 7.89. The molecule has 0 saturated carbocycles. The van der Waals surface area contributed by atoms with Gasteiger partial charge in [-0.1, -0.05) is 0 Å². The SMILES string of the molecule is COC(=O)c1cc(COC(=O)c2cc(S(=O)(=O)N(C)C)ccc2F)oc1C. The van der Waals surface area contributed by atoms with Gasteiger partial charge in [0.1, 0.15) is 29.5 Å². The summed E-state index contributed by atoms with van der Waals surface area (Å²) in [5.41, 5.74) is -0.358. The lowest BCUT2D eigenvalue weighted by molar-refractivity contribution is 0.0438. The van der Waals surface area contributed by atoms with E-state index in [2.05, 4.69) is 4.74 Å². The first-order valence-electron chi connectivity index (χ1n) is 7.64. The monoisotopic (exact) mass is 399 g/mol. The second-order valence-corrected chi connectivity index (χ2v) is 7.83. The third kappa shape index (κ3) is 4.34. The Hall–Kier alpha value is -2.72. The Morgan fingerprint density at radius 2 is 1.81 bits per heavy atom. The van der Waals surface area contributed by atoms with Crippen LogP contribution in [0.5, 0.6) is 0 Å². The lowest BCUT2D eigenvalue weighted by Gasteiger charge is -2.12. The highest BCUT2D eigenvalue weighted by Gasteiger charge is 2.23. The molecule has 0 radical (unpaired) electrons. The van der Waals surface area contributed by atoms with Crippen LogP contribution in [0.25, 0.3) is 0 Å². The van der Waals surface area contributed by atoms with E-state index in [4.69, 9.17) is 9.15 Å². The van der Waals surface area contributed by atoms with Crippen LogP contribution in [0.3, 0.4) is 0 Å². The molecule has 1 heterocycles. The summed E-state index contributed by atoms with van der Waals surface area (Å²) in [4.78, 5) is 23.5. The summed E-state index contributed by atoms with van der Waals surface area (Å²) >= 11 is 0. The molecule has 0 atom stereocenters. The summed E-state index contributed by atoms with van der Waals surface area (Å²) in [6.07, 6.45) is 0. The molecule has 0 saturated heterocycles. The third-order valence-corrected chi connectivity index (χ3v) is 5.47. The Labute approximate surface area is 155 Å². The second-order valence-electron chi connectivity index (χ2n) is 5.68. The predicted molar refractivity (Wildman–Crippen MR) is 91.2 cm³/mol. The van der Waals surface area contributed by atoms with Crippen LogP contribution >= 0.6 is 0 Å². The van der Waals surface area contributed by atoms with Crippen LogP contribution in [0, 0.1) is 12.7 Å². The van der Waals surface area contributed by atoms with Crippen molar-refractivity contribution < 1.29 is 36.3 Å². The molecule has 0 amide bonds. The first kappa shape index (κ1) is 20.6. The number of carbonyl (C=O) groups is 2. The van der Waals surface area contributed by atoms with Crippen LogP contribution in [0.2, 0.25) is 0 Å². The fourth-order valence-corrected chi connectivity index (χ4v) is 3.10. The number of aryl methyl sites for hydroxylation is 1. The maximum Gasteiger partial charge on any atom is 0.341 e. The van der Waals surface area contributed by atoms with Crippen molar-refractivity contribution >= 4 is 22.0 Å². The zero-order valence-corrected chi connectivity index (χ0v) is 15.9. The van der Waals surface area contributed by atoms with Crippen molar-refractivity contribution in [3.05, 3.63) is 52.7 Å². The molecule has 0 aliphatic carbocycles. The number of benzene rings is 1. The molecule has 0 unspecified atom stereocenters. The Morgan fingerprint density at radius 1 is 1.15 bits per heavy atom. The van der Waals surface area contributed by atoms with Crippen LogP contribution in [-0.4, -0.2) is 45.9 Å². The number of furan rings is 1. The zero-order chi connectivity index (χ0) is 20.4. The molecule has 2 aromatic rings. The van der Waals surface area contributed by atoms with E-state index in [0.29, 0.717) is 0 Å². The molecule has 0 fully saturated rings. The Bertz CT molecular complexity index is 979. The van der Waals surface area contributed by atoms with E-state index in [1.54, 1.807) is 0 Å². The maximum absolute atomic E-state index is 14.0. The van der Waals surface area contributed by atoms with Gasteiger partial charge in [-0.15, -0.1) is 0 Å². The van der Waals surface area contributed by atoms with Gasteiger partial charge in [0.15, 0.2) is 0 Å². The highest BCUT2D eigenvalue weighted by atomic mass is 32.2. The van der Waals surface area contributed by atoms with Crippen molar-refractivity contribution in [3.63, 3.8) is 0 Å². The summed E-state index contributed by atoms with van der Waals surface area (Å²) in [6, 6.07) is 4.18. The molecule has 0 aliphatic rings. The van der Waals surface area contributed by atoms with Crippen LogP contribution < -0.4 is 0 Å². The van der Waals surface area contributed by atoms with E-state index in [-0.39, 0.29) is 28.6 Å². The predicted octanol–water partition coefficient (Wildman–Crippen LogP) is 2.12. The van der Waals surface area contributed by atoms with Gasteiger partial charge >= 0.3 is 11.9 Å². The van der Waals surface area contributed by atoms with Gasteiger partial charge in [-0.3, -0.25) is 0 Å². The number of methoxy groups -OCH3 is 1. The van der Waals surface area contributed by atoms with Crippen molar-refractivity contribution in [2.24, 2.45) is 0 Å². The molecule has 0 spiro atoms. The number of rotatable bonds is 6. The second kappa shape index (κ2) is 7.89. The van der Waals surface area contributed by atoms with Gasteiger partial charge < -0.3 is 13.9 Å². The normalized spacial score (nSPS) is 11.5. The maximum atomic E-state index is 14.0. The van der Waals surface area contributed by atoms with E-state index >= 15 is 0 Å². The largest absolute Gasteiger partial charge is 0.465 e. The van der Waals surface area contributed by atoms with E-state index < -0.39 is 33.3 Å². The number of halogens is 1. The standard InChI is InChI=1S/C17H18FNO7S/c1-10-13(16(20)24-4)7-11(26-10)9-25-17(21)14-8-12(5-6-15(14)18)27(22,23)19(2)3/h5-8H,9H2,1-4H3. The molecule has 10 heteroatoms. The van der Waals surface area contributed by atoms with Crippen LogP contribution in [0.4, 0.5) is 4.39 Å². The van der Waals surface area contributed by atoms with E-state index in [1.807, 2.05) is 0 Å². The number of hydrogen-bond donors (Lipinski definition) is 0. The lowest BCUT2D eigenvalue weighted by atomic mass is 10.2. The fourth-order valence-electron chi connectivity index (χ4n) is 2.17. The van der Waals surface area contributed by atoms with E-state index in [0.717, 1.165) is 22.5 Å². The van der Waals surface area contributed by atoms with Gasteiger partial charge in [0.2, 0.25) is 10.0 Å². The van der Waals surface area contributed by atoms with Crippen molar-refractivity contribution in [1.82, 2.24) is 4.31 Å². The van der Waals surface area contributed by atoms with Crippen LogP contribution in [0.15, 0.2) is 33.6 Å². The number of sulfonamides is 1. The molecule has 0 aliphatic heterocycles. The summed E-state index contributed by atoms with van der Waals surface area (Å²) in [7, 11) is 0.000376. The average molecular weight is 399 g/mol. The number of hydrogen-bond acceptors (Lipinski definition) is 7. The molecule has 0 N–H and O–H groups in total. The number of ether oxygens (including phenoxy) is 2. The van der Waals surface area contributed by atoms with Crippen molar-refractivity contribution in [2.45, 2.75) is 18.4 Å². The number of esters is 2. The lowest BCUT2D eigenvalue weighted by Crippen LogP contribution is -2.22. The number of carbonyl (C=O) groups excluding carboxylic acids is 2.